The highest BCUT2D eigenvalue weighted by Crippen LogP contribution is 2.35. The quantitative estimate of drug-likeness (QED) is 0.436. The average Bonchev–Trinajstić information content (AvgIpc) is 3.32. The Morgan fingerprint density at radius 1 is 1.11 bits per heavy atom. The molecule has 3 aromatic heterocycles. The van der Waals surface area contributed by atoms with Gasteiger partial charge in [-0.05, 0) is 29.8 Å². The first kappa shape index (κ1) is 17.6. The van der Waals surface area contributed by atoms with Crippen LogP contribution < -0.4 is 0 Å². The first-order chi connectivity index (χ1) is 13.2. The molecule has 0 fully saturated rings. The summed E-state index contributed by atoms with van der Waals surface area (Å²) in [5.41, 5.74) is 4.24. The van der Waals surface area contributed by atoms with Crippen molar-refractivity contribution in [3.8, 4) is 21.3 Å². The zero-order chi connectivity index (χ0) is 18.6. The van der Waals surface area contributed by atoms with Crippen LogP contribution in [0.25, 0.3) is 21.3 Å². The van der Waals surface area contributed by atoms with Crippen molar-refractivity contribution in [2.45, 2.75) is 12.8 Å². The highest BCUT2D eigenvalue weighted by molar-refractivity contribution is 7.18. The molecule has 1 aromatic carbocycles. The zero-order valence-corrected chi connectivity index (χ0v) is 16.1. The van der Waals surface area contributed by atoms with E-state index in [1.807, 2.05) is 48.7 Å². The van der Waals surface area contributed by atoms with Crippen molar-refractivity contribution in [1.29, 1.82) is 0 Å². The number of imidazole rings is 1. The smallest absolute Gasteiger partial charge is 0.149 e. The fourth-order valence-corrected chi connectivity index (χ4v) is 3.97. The molecule has 4 aromatic rings. The van der Waals surface area contributed by atoms with Crippen LogP contribution in [0.4, 0.5) is 0 Å². The highest BCUT2D eigenvalue weighted by Gasteiger charge is 2.17. The number of rotatable bonds is 6. The molecule has 0 atom stereocenters. The number of allylic oxidation sites excluding steroid dienone is 1. The minimum absolute atomic E-state index is 0.714. The maximum atomic E-state index is 6.02. The van der Waals surface area contributed by atoms with Crippen molar-refractivity contribution in [1.82, 2.24) is 19.9 Å². The molecule has 0 unspecified atom stereocenters. The largest absolute Gasteiger partial charge is 0.341 e. The Balaban J connectivity index is 1.75. The average molecular weight is 393 g/mol. The summed E-state index contributed by atoms with van der Waals surface area (Å²) in [5.74, 6) is 0.841. The number of benzene rings is 1. The predicted molar refractivity (Wildman–Crippen MR) is 111 cm³/mol. The fraction of sp³-hybridized carbons (Fsp3) is 0.0952. The molecule has 134 valence electrons. The summed E-state index contributed by atoms with van der Waals surface area (Å²) in [6, 6.07) is 11.8. The predicted octanol–water partition coefficient (Wildman–Crippen LogP) is 5.57. The van der Waals surface area contributed by atoms with Crippen LogP contribution in [-0.2, 0) is 12.8 Å². The molecule has 0 radical (unpaired) electrons. The molecule has 4 rings (SSSR count). The first-order valence-corrected chi connectivity index (χ1v) is 9.72. The molecule has 0 aliphatic heterocycles. The normalized spacial score (nSPS) is 10.9. The van der Waals surface area contributed by atoms with Crippen LogP contribution in [0.2, 0.25) is 5.02 Å². The number of H-pyrrole nitrogens is 1. The summed E-state index contributed by atoms with van der Waals surface area (Å²) in [5, 5.41) is 1.69. The van der Waals surface area contributed by atoms with Gasteiger partial charge in [0.1, 0.15) is 10.8 Å². The van der Waals surface area contributed by atoms with Crippen LogP contribution in [0.3, 0.4) is 0 Å². The monoisotopic (exact) mass is 392 g/mol. The van der Waals surface area contributed by atoms with Gasteiger partial charge in [-0.25, -0.2) is 9.97 Å². The summed E-state index contributed by atoms with van der Waals surface area (Å²) in [4.78, 5) is 18.0. The van der Waals surface area contributed by atoms with Crippen molar-refractivity contribution < 1.29 is 0 Å². The van der Waals surface area contributed by atoms with Crippen molar-refractivity contribution in [3.05, 3.63) is 89.6 Å². The van der Waals surface area contributed by atoms with E-state index in [0.29, 0.717) is 6.42 Å². The Kier molecular flexibility index (Phi) is 5.14. The second kappa shape index (κ2) is 7.86. The van der Waals surface area contributed by atoms with E-state index in [4.69, 9.17) is 16.6 Å². The highest BCUT2D eigenvalue weighted by atomic mass is 35.5. The first-order valence-electron chi connectivity index (χ1n) is 8.52. The molecule has 4 nitrogen and oxygen atoms in total. The van der Waals surface area contributed by atoms with E-state index in [2.05, 4.69) is 21.5 Å². The molecule has 27 heavy (non-hydrogen) atoms. The fourth-order valence-electron chi connectivity index (χ4n) is 2.80. The lowest BCUT2D eigenvalue weighted by Crippen LogP contribution is -1.92. The topological polar surface area (TPSA) is 54.5 Å². The molecule has 0 saturated carbocycles. The van der Waals surface area contributed by atoms with Crippen LogP contribution in [0, 0.1) is 0 Å². The van der Waals surface area contributed by atoms with Gasteiger partial charge in [0.2, 0.25) is 0 Å². The third kappa shape index (κ3) is 3.99. The third-order valence-corrected chi connectivity index (χ3v) is 5.52. The van der Waals surface area contributed by atoms with Crippen LogP contribution in [0.15, 0.2) is 67.6 Å². The van der Waals surface area contributed by atoms with Gasteiger partial charge >= 0.3 is 0 Å². The lowest BCUT2D eigenvalue weighted by molar-refractivity contribution is 1.10. The lowest BCUT2D eigenvalue weighted by atomic mass is 10.1. The molecule has 1 N–H and O–H groups in total. The number of thiazole rings is 1. The second-order valence-electron chi connectivity index (χ2n) is 6.08. The van der Waals surface area contributed by atoms with E-state index < -0.39 is 0 Å². The number of nitrogens with one attached hydrogen (secondary N) is 1. The SMILES string of the molecule is C=CCc1cnc(-c2sc(-c3ccncc3)nc2Cc2ccc(Cl)cc2)[nH]1. The van der Waals surface area contributed by atoms with Crippen molar-refractivity contribution in [2.24, 2.45) is 0 Å². The molecule has 0 aliphatic rings. The lowest BCUT2D eigenvalue weighted by Gasteiger charge is -2.01. The molecule has 0 saturated heterocycles. The zero-order valence-electron chi connectivity index (χ0n) is 14.5. The Labute approximate surface area is 166 Å². The van der Waals surface area contributed by atoms with Gasteiger partial charge in [-0.3, -0.25) is 4.98 Å². The molecular weight excluding hydrogens is 376 g/mol. The molecule has 6 heteroatoms. The van der Waals surface area contributed by atoms with E-state index in [1.54, 1.807) is 23.7 Å². The Morgan fingerprint density at radius 2 is 1.89 bits per heavy atom. The summed E-state index contributed by atoms with van der Waals surface area (Å²) in [7, 11) is 0. The molecule has 0 bridgehead atoms. The summed E-state index contributed by atoms with van der Waals surface area (Å²) in [6.07, 6.45) is 8.76. The maximum absolute atomic E-state index is 6.02. The van der Waals surface area contributed by atoms with Crippen LogP contribution in [0.1, 0.15) is 17.0 Å². The van der Waals surface area contributed by atoms with E-state index in [1.165, 1.54) is 0 Å². The number of nitrogens with zero attached hydrogens (tertiary/aromatic N) is 3. The van der Waals surface area contributed by atoms with Crippen molar-refractivity contribution >= 4 is 22.9 Å². The van der Waals surface area contributed by atoms with Crippen LogP contribution in [0.5, 0.6) is 0 Å². The van der Waals surface area contributed by atoms with E-state index in [9.17, 15) is 0 Å². The molecule has 0 aliphatic carbocycles. The summed E-state index contributed by atoms with van der Waals surface area (Å²) in [6.45, 7) is 3.79. The minimum Gasteiger partial charge on any atom is -0.341 e. The molecule has 0 amide bonds. The molecule has 0 spiro atoms. The number of pyridine rings is 1. The second-order valence-corrected chi connectivity index (χ2v) is 7.52. The number of aromatic nitrogens is 4. The van der Waals surface area contributed by atoms with E-state index >= 15 is 0 Å². The van der Waals surface area contributed by atoms with Gasteiger partial charge in [0.15, 0.2) is 0 Å². The van der Waals surface area contributed by atoms with E-state index in [-0.39, 0.29) is 0 Å². The van der Waals surface area contributed by atoms with Gasteiger partial charge < -0.3 is 4.98 Å². The summed E-state index contributed by atoms with van der Waals surface area (Å²) < 4.78 is 0. The van der Waals surface area contributed by atoms with Crippen molar-refractivity contribution in [2.75, 3.05) is 0 Å². The third-order valence-electron chi connectivity index (χ3n) is 4.12. The number of halogens is 1. The summed E-state index contributed by atoms with van der Waals surface area (Å²) >= 11 is 7.65. The Morgan fingerprint density at radius 3 is 2.63 bits per heavy atom. The van der Waals surface area contributed by atoms with Gasteiger partial charge in [0, 0.05) is 47.7 Å². The number of aromatic amines is 1. The molecular formula is C21H17ClN4S. The Hall–Kier alpha value is -2.76. The minimum atomic E-state index is 0.714. The Bertz CT molecular complexity index is 1050. The number of hydrogen-bond acceptors (Lipinski definition) is 4. The van der Waals surface area contributed by atoms with Gasteiger partial charge in [-0.2, -0.15) is 0 Å². The van der Waals surface area contributed by atoms with Crippen LogP contribution in [-0.4, -0.2) is 19.9 Å². The van der Waals surface area contributed by atoms with Gasteiger partial charge in [-0.1, -0.05) is 29.8 Å². The van der Waals surface area contributed by atoms with Gasteiger partial charge in [0.05, 0.1) is 10.6 Å². The molecule has 3 heterocycles. The number of hydrogen-bond donors (Lipinski definition) is 1. The maximum Gasteiger partial charge on any atom is 0.149 e. The van der Waals surface area contributed by atoms with Crippen molar-refractivity contribution in [3.63, 3.8) is 0 Å². The van der Waals surface area contributed by atoms with E-state index in [0.717, 1.165) is 49.7 Å². The van der Waals surface area contributed by atoms with Gasteiger partial charge in [0.25, 0.3) is 0 Å². The standard InChI is InChI=1S/C21H17ClN4S/c1-2-3-17-13-24-20(25-17)19-18(12-14-4-6-16(22)7-5-14)26-21(27-19)15-8-10-23-11-9-15/h2,4-11,13H,1,3,12H2,(H,24,25). The van der Waals surface area contributed by atoms with Crippen LogP contribution >= 0.6 is 22.9 Å². The van der Waals surface area contributed by atoms with Gasteiger partial charge in [-0.15, -0.1) is 17.9 Å².